The van der Waals surface area contributed by atoms with Gasteiger partial charge in [-0.2, -0.15) is 0 Å². The van der Waals surface area contributed by atoms with E-state index in [4.69, 9.17) is 0 Å². The minimum absolute atomic E-state index is 0.147. The fourth-order valence-electron chi connectivity index (χ4n) is 5.96. The highest BCUT2D eigenvalue weighted by Gasteiger charge is 2.22. The second kappa shape index (κ2) is 14.1. The van der Waals surface area contributed by atoms with Crippen molar-refractivity contribution in [3.05, 3.63) is 131 Å². The van der Waals surface area contributed by atoms with Crippen LogP contribution in [0.3, 0.4) is 0 Å². The fourth-order valence-corrected chi connectivity index (χ4v) is 5.96. The maximum Gasteiger partial charge on any atom is 0.0419 e. The highest BCUT2D eigenvalue weighted by Crippen LogP contribution is 2.38. The van der Waals surface area contributed by atoms with Crippen molar-refractivity contribution >= 4 is 22.7 Å². The van der Waals surface area contributed by atoms with Crippen molar-refractivity contribution in [3.63, 3.8) is 0 Å². The van der Waals surface area contributed by atoms with E-state index in [0.29, 0.717) is 0 Å². The smallest absolute Gasteiger partial charge is 0.0419 e. The van der Waals surface area contributed by atoms with Crippen LogP contribution in [-0.2, 0) is 6.42 Å². The number of aryl methyl sites for hydroxylation is 2. The molecule has 4 aromatic rings. The molecule has 0 saturated carbocycles. The summed E-state index contributed by atoms with van der Waals surface area (Å²) in [7, 11) is 0. The van der Waals surface area contributed by atoms with Gasteiger partial charge in [0.25, 0.3) is 0 Å². The number of hydrogen-bond donors (Lipinski definition) is 1. The van der Waals surface area contributed by atoms with Crippen molar-refractivity contribution in [3.8, 4) is 0 Å². The lowest BCUT2D eigenvalue weighted by Crippen LogP contribution is -2.22. The molecule has 0 atom stereocenters. The Balaban J connectivity index is 1.76. The maximum atomic E-state index is 3.92. The number of allylic oxidation sites excluding steroid dienone is 1. The average Bonchev–Trinajstić information content (AvgIpc) is 2.98. The van der Waals surface area contributed by atoms with Gasteiger partial charge >= 0.3 is 0 Å². The van der Waals surface area contributed by atoms with E-state index < -0.39 is 0 Å². The van der Waals surface area contributed by atoms with Gasteiger partial charge in [0.05, 0.1) is 0 Å². The molecule has 0 aliphatic rings. The van der Waals surface area contributed by atoms with Crippen molar-refractivity contribution in [1.29, 1.82) is 0 Å². The summed E-state index contributed by atoms with van der Waals surface area (Å²) in [6.07, 6.45) is 2.80. The number of para-hydroxylation sites is 1. The van der Waals surface area contributed by atoms with Gasteiger partial charge < -0.3 is 15.1 Å². The molecule has 0 unspecified atom stereocenters. The Morgan fingerprint density at radius 3 is 1.66 bits per heavy atom. The van der Waals surface area contributed by atoms with Gasteiger partial charge in [-0.05, 0) is 124 Å². The van der Waals surface area contributed by atoms with Crippen molar-refractivity contribution in [1.82, 2.24) is 0 Å². The summed E-state index contributed by atoms with van der Waals surface area (Å²) in [4.78, 5) is 4.83. The van der Waals surface area contributed by atoms with Crippen LogP contribution in [0.25, 0.3) is 0 Å². The predicted molar refractivity (Wildman–Crippen MR) is 180 cm³/mol. The first-order chi connectivity index (χ1) is 19.9. The monoisotopic (exact) mass is 545 g/mol. The lowest BCUT2D eigenvalue weighted by Gasteiger charge is -2.27. The van der Waals surface area contributed by atoms with Crippen molar-refractivity contribution in [2.24, 2.45) is 0 Å². The van der Waals surface area contributed by atoms with Gasteiger partial charge in [0, 0.05) is 54.8 Å². The summed E-state index contributed by atoms with van der Waals surface area (Å²) >= 11 is 0. The molecule has 0 amide bonds. The molecule has 0 saturated heterocycles. The maximum absolute atomic E-state index is 3.92. The number of nitrogens with zero attached hydrogens (tertiary/aromatic N) is 2. The fraction of sp³-hybridized carbons (Fsp3) is 0.316. The standard InChI is InChI=1S/C38H47N3/c1-8-15-30-16-13-14-17-37(30)39-32-20-18-31(19-21-32)38(35-24-22-33(26-28(35)6)40(9-2)10-3)36-25-23-34(27-29(36)7)41(11-4)12-5/h8,13-14,16-27,38-39H,1,9-12,15H2,2-7H3. The molecule has 0 aliphatic heterocycles. The normalized spacial score (nSPS) is 11.0. The number of rotatable bonds is 13. The zero-order valence-corrected chi connectivity index (χ0v) is 25.9. The lowest BCUT2D eigenvalue weighted by molar-refractivity contribution is 0.859. The molecule has 0 aromatic heterocycles. The van der Waals surface area contributed by atoms with Gasteiger partial charge in [-0.25, -0.2) is 0 Å². The van der Waals surface area contributed by atoms with Crippen LogP contribution in [0.1, 0.15) is 67.0 Å². The lowest BCUT2D eigenvalue weighted by atomic mass is 9.81. The SMILES string of the molecule is C=CCc1ccccc1Nc1ccc(C(c2ccc(N(CC)CC)cc2C)c2ccc(N(CC)CC)cc2C)cc1. The largest absolute Gasteiger partial charge is 0.372 e. The molecule has 1 N–H and O–H groups in total. The molecule has 0 bridgehead atoms. The van der Waals surface area contributed by atoms with Crippen molar-refractivity contribution in [2.75, 3.05) is 41.3 Å². The summed E-state index contributed by atoms with van der Waals surface area (Å²) in [5.74, 6) is 0.147. The van der Waals surface area contributed by atoms with Crippen LogP contribution in [-0.4, -0.2) is 26.2 Å². The van der Waals surface area contributed by atoms with Gasteiger partial charge in [-0.1, -0.05) is 48.5 Å². The highest BCUT2D eigenvalue weighted by molar-refractivity contribution is 5.65. The Morgan fingerprint density at radius 2 is 1.20 bits per heavy atom. The van der Waals surface area contributed by atoms with Crippen molar-refractivity contribution in [2.45, 2.75) is 53.9 Å². The van der Waals surface area contributed by atoms with Crippen LogP contribution in [0.15, 0.2) is 97.6 Å². The quantitative estimate of drug-likeness (QED) is 0.133. The molecule has 4 aromatic carbocycles. The van der Waals surface area contributed by atoms with Crippen LogP contribution in [0, 0.1) is 13.8 Å². The molecule has 0 aliphatic carbocycles. The van der Waals surface area contributed by atoms with Crippen LogP contribution in [0.5, 0.6) is 0 Å². The topological polar surface area (TPSA) is 18.5 Å². The summed E-state index contributed by atoms with van der Waals surface area (Å²) in [5, 5.41) is 3.63. The molecular weight excluding hydrogens is 498 g/mol. The molecule has 0 fully saturated rings. The predicted octanol–water partition coefficient (Wildman–Crippen LogP) is 9.65. The Bertz CT molecular complexity index is 1370. The third-order valence-electron chi connectivity index (χ3n) is 8.29. The molecule has 214 valence electrons. The number of nitrogens with one attached hydrogen (secondary N) is 1. The van der Waals surface area contributed by atoms with Gasteiger partial charge in [0.1, 0.15) is 0 Å². The van der Waals surface area contributed by atoms with E-state index in [1.165, 1.54) is 44.8 Å². The van der Waals surface area contributed by atoms with E-state index in [0.717, 1.165) is 44.0 Å². The van der Waals surface area contributed by atoms with Gasteiger partial charge in [0.15, 0.2) is 0 Å². The van der Waals surface area contributed by atoms with Crippen LogP contribution < -0.4 is 15.1 Å². The summed E-state index contributed by atoms with van der Waals surface area (Å²) in [6.45, 7) is 21.4. The van der Waals surface area contributed by atoms with E-state index in [9.17, 15) is 0 Å². The first kappa shape index (κ1) is 30.0. The average molecular weight is 546 g/mol. The van der Waals surface area contributed by atoms with Crippen molar-refractivity contribution < 1.29 is 0 Å². The molecule has 0 heterocycles. The number of benzene rings is 4. The zero-order chi connectivity index (χ0) is 29.4. The highest BCUT2D eigenvalue weighted by atomic mass is 15.1. The van der Waals surface area contributed by atoms with E-state index >= 15 is 0 Å². The van der Waals surface area contributed by atoms with Crippen LogP contribution in [0.4, 0.5) is 22.7 Å². The summed E-state index contributed by atoms with van der Waals surface area (Å²) in [6, 6.07) is 31.5. The second-order valence-electron chi connectivity index (χ2n) is 10.8. The molecule has 0 radical (unpaired) electrons. The number of anilines is 4. The van der Waals surface area contributed by atoms with E-state index in [2.05, 4.69) is 148 Å². The molecule has 41 heavy (non-hydrogen) atoms. The second-order valence-corrected chi connectivity index (χ2v) is 10.8. The van der Waals surface area contributed by atoms with E-state index in [1.54, 1.807) is 0 Å². The molecule has 0 spiro atoms. The first-order valence-electron chi connectivity index (χ1n) is 15.2. The summed E-state index contributed by atoms with van der Waals surface area (Å²) < 4.78 is 0. The molecule has 3 nitrogen and oxygen atoms in total. The molecular formula is C38H47N3. The Hall–Kier alpha value is -3.98. The Morgan fingerprint density at radius 1 is 0.683 bits per heavy atom. The first-order valence-corrected chi connectivity index (χ1v) is 15.2. The van der Waals surface area contributed by atoms with Gasteiger partial charge in [-0.15, -0.1) is 6.58 Å². The molecule has 3 heteroatoms. The molecule has 4 rings (SSSR count). The minimum Gasteiger partial charge on any atom is -0.372 e. The minimum atomic E-state index is 0.147. The zero-order valence-electron chi connectivity index (χ0n) is 25.9. The van der Waals surface area contributed by atoms with Gasteiger partial charge in [-0.3, -0.25) is 0 Å². The Labute approximate surface area is 248 Å². The number of hydrogen-bond acceptors (Lipinski definition) is 3. The third-order valence-corrected chi connectivity index (χ3v) is 8.29. The van der Waals surface area contributed by atoms with Crippen LogP contribution in [0.2, 0.25) is 0 Å². The third kappa shape index (κ3) is 6.85. The van der Waals surface area contributed by atoms with E-state index in [-0.39, 0.29) is 5.92 Å². The Kier molecular flexibility index (Phi) is 10.3. The van der Waals surface area contributed by atoms with Crippen LogP contribution >= 0.6 is 0 Å². The van der Waals surface area contributed by atoms with Gasteiger partial charge in [0.2, 0.25) is 0 Å². The summed E-state index contributed by atoms with van der Waals surface area (Å²) in [5.41, 5.74) is 12.7. The van der Waals surface area contributed by atoms with E-state index in [1.807, 2.05) is 6.08 Å².